The minimum absolute atomic E-state index is 0.178. The summed E-state index contributed by atoms with van der Waals surface area (Å²) in [5.74, 6) is 0.899. The van der Waals surface area contributed by atoms with Gasteiger partial charge in [0.1, 0.15) is 28.4 Å². The maximum Gasteiger partial charge on any atom is 0.202 e. The quantitative estimate of drug-likeness (QED) is 0.374. The molecule has 4 aromatic rings. The number of aromatic nitrogens is 2. The molecule has 152 valence electrons. The van der Waals surface area contributed by atoms with Crippen molar-refractivity contribution in [2.45, 2.75) is 18.7 Å². The molecule has 0 saturated heterocycles. The SMILES string of the molecule is COc1ccc2c3cc[n+](C)c(C)c3n(C)c2c1.Cc1ccc(S(=O)(=O)[O-])cc1. The molecule has 0 aliphatic heterocycles. The maximum atomic E-state index is 10.4. The number of ether oxygens (including phenoxy) is 1. The molecule has 6 nitrogen and oxygen atoms in total. The van der Waals surface area contributed by atoms with Crippen LogP contribution in [-0.4, -0.2) is 24.6 Å². The normalized spacial score (nSPS) is 11.4. The lowest BCUT2D eigenvalue weighted by atomic mass is 10.1. The van der Waals surface area contributed by atoms with Crippen LogP contribution in [-0.2, 0) is 24.2 Å². The zero-order chi connectivity index (χ0) is 21.3. The van der Waals surface area contributed by atoms with E-state index in [-0.39, 0.29) is 4.90 Å². The van der Waals surface area contributed by atoms with Crippen molar-refractivity contribution in [1.82, 2.24) is 4.57 Å². The van der Waals surface area contributed by atoms with Crippen LogP contribution in [0.2, 0.25) is 0 Å². The second kappa shape index (κ2) is 7.85. The van der Waals surface area contributed by atoms with Gasteiger partial charge in [0.25, 0.3) is 0 Å². The van der Waals surface area contributed by atoms with Crippen molar-refractivity contribution in [1.29, 1.82) is 0 Å². The number of pyridine rings is 1. The predicted octanol–water partition coefficient (Wildman–Crippen LogP) is 3.37. The van der Waals surface area contributed by atoms with Gasteiger partial charge >= 0.3 is 0 Å². The molecule has 4 rings (SSSR count). The molecule has 7 heteroatoms. The summed E-state index contributed by atoms with van der Waals surface area (Å²) >= 11 is 0. The fraction of sp³-hybridized carbons (Fsp3) is 0.227. The predicted molar refractivity (Wildman–Crippen MR) is 112 cm³/mol. The highest BCUT2D eigenvalue weighted by molar-refractivity contribution is 7.85. The third-order valence-corrected chi connectivity index (χ3v) is 5.94. The molecule has 0 amide bonds. The first-order valence-corrected chi connectivity index (χ1v) is 10.5. The molecule has 2 aromatic carbocycles. The van der Waals surface area contributed by atoms with Crippen LogP contribution in [0.4, 0.5) is 0 Å². The van der Waals surface area contributed by atoms with Gasteiger partial charge < -0.3 is 13.9 Å². The van der Waals surface area contributed by atoms with Crippen molar-refractivity contribution in [3.05, 3.63) is 66.0 Å². The molecule has 0 bridgehead atoms. The van der Waals surface area contributed by atoms with E-state index < -0.39 is 10.1 Å². The molecule has 0 aliphatic carbocycles. The van der Waals surface area contributed by atoms with Crippen LogP contribution in [0.1, 0.15) is 11.3 Å². The zero-order valence-electron chi connectivity index (χ0n) is 17.1. The third kappa shape index (κ3) is 4.11. The number of benzene rings is 2. The van der Waals surface area contributed by atoms with Gasteiger partial charge in [0.05, 0.1) is 17.5 Å². The van der Waals surface area contributed by atoms with E-state index in [1.807, 2.05) is 13.0 Å². The average Bonchev–Trinajstić information content (AvgIpc) is 2.97. The highest BCUT2D eigenvalue weighted by Gasteiger charge is 2.15. The summed E-state index contributed by atoms with van der Waals surface area (Å²) in [5, 5.41) is 2.57. The topological polar surface area (TPSA) is 75.2 Å². The number of rotatable bonds is 2. The Morgan fingerprint density at radius 3 is 2.24 bits per heavy atom. The average molecular weight is 413 g/mol. The van der Waals surface area contributed by atoms with Gasteiger partial charge in [-0.2, -0.15) is 0 Å². The lowest BCUT2D eigenvalue weighted by Gasteiger charge is -2.05. The summed E-state index contributed by atoms with van der Waals surface area (Å²) in [6.45, 7) is 3.97. The lowest BCUT2D eigenvalue weighted by molar-refractivity contribution is -0.676. The minimum Gasteiger partial charge on any atom is -0.744 e. The summed E-state index contributed by atoms with van der Waals surface area (Å²) in [7, 11) is 1.62. The Kier molecular flexibility index (Phi) is 5.64. The van der Waals surface area contributed by atoms with E-state index in [1.54, 1.807) is 19.2 Å². The molecule has 2 aromatic heterocycles. The second-order valence-corrected chi connectivity index (χ2v) is 8.36. The molecule has 0 aliphatic rings. The molecular formula is C22H24N2O4S. The van der Waals surface area contributed by atoms with Gasteiger partial charge in [0, 0.05) is 36.9 Å². The molecule has 0 saturated carbocycles. The number of methoxy groups -OCH3 is 1. The Morgan fingerprint density at radius 2 is 1.66 bits per heavy atom. The van der Waals surface area contributed by atoms with Gasteiger partial charge in [-0.15, -0.1) is 0 Å². The molecule has 2 heterocycles. The second-order valence-electron chi connectivity index (χ2n) is 6.98. The Hall–Kier alpha value is -2.90. The fourth-order valence-corrected chi connectivity index (χ4v) is 3.82. The van der Waals surface area contributed by atoms with E-state index in [0.29, 0.717) is 0 Å². The Labute approximate surface area is 170 Å². The number of nitrogens with zero attached hydrogens (tertiary/aromatic N) is 2. The van der Waals surface area contributed by atoms with E-state index in [1.165, 1.54) is 39.6 Å². The molecule has 29 heavy (non-hydrogen) atoms. The minimum atomic E-state index is -4.27. The van der Waals surface area contributed by atoms with Gasteiger partial charge in [-0.05, 0) is 31.2 Å². The molecule has 0 atom stereocenters. The van der Waals surface area contributed by atoms with Crippen molar-refractivity contribution >= 4 is 31.9 Å². The first kappa shape index (κ1) is 20.8. The van der Waals surface area contributed by atoms with Crippen LogP contribution >= 0.6 is 0 Å². The smallest absolute Gasteiger partial charge is 0.202 e. The zero-order valence-corrected chi connectivity index (χ0v) is 17.9. The third-order valence-electron chi connectivity index (χ3n) is 5.09. The van der Waals surface area contributed by atoms with Crippen LogP contribution in [0.25, 0.3) is 21.8 Å². The van der Waals surface area contributed by atoms with Crippen molar-refractivity contribution in [3.63, 3.8) is 0 Å². The molecule has 0 fully saturated rings. The summed E-state index contributed by atoms with van der Waals surface area (Å²) in [6, 6.07) is 14.2. The van der Waals surface area contributed by atoms with E-state index in [9.17, 15) is 13.0 Å². The first-order valence-electron chi connectivity index (χ1n) is 9.07. The van der Waals surface area contributed by atoms with Gasteiger partial charge in [-0.3, -0.25) is 0 Å². The lowest BCUT2D eigenvalue weighted by Crippen LogP contribution is -2.31. The fourth-order valence-electron chi connectivity index (χ4n) is 3.35. The first-order chi connectivity index (χ1) is 13.6. The highest BCUT2D eigenvalue weighted by Crippen LogP contribution is 2.31. The van der Waals surface area contributed by atoms with Crippen molar-refractivity contribution in [2.24, 2.45) is 14.1 Å². The summed E-state index contributed by atoms with van der Waals surface area (Å²) in [4.78, 5) is -0.178. The van der Waals surface area contributed by atoms with Crippen molar-refractivity contribution in [3.8, 4) is 5.75 Å². The largest absolute Gasteiger partial charge is 0.744 e. The van der Waals surface area contributed by atoms with Gasteiger partial charge in [-0.25, -0.2) is 13.0 Å². The molecule has 0 radical (unpaired) electrons. The van der Waals surface area contributed by atoms with Gasteiger partial charge in [-0.1, -0.05) is 17.7 Å². The summed E-state index contributed by atoms with van der Waals surface area (Å²) < 4.78 is 40.9. The summed E-state index contributed by atoms with van der Waals surface area (Å²) in [6.07, 6.45) is 2.11. The van der Waals surface area contributed by atoms with Crippen LogP contribution in [0.5, 0.6) is 5.75 Å². The van der Waals surface area contributed by atoms with E-state index in [2.05, 4.69) is 54.5 Å². The van der Waals surface area contributed by atoms with Crippen LogP contribution in [0, 0.1) is 13.8 Å². The van der Waals surface area contributed by atoms with E-state index >= 15 is 0 Å². The van der Waals surface area contributed by atoms with Crippen molar-refractivity contribution in [2.75, 3.05) is 7.11 Å². The number of hydrogen-bond acceptors (Lipinski definition) is 4. The Balaban J connectivity index is 0.000000188. The number of hydrogen-bond donors (Lipinski definition) is 0. The Bertz CT molecular complexity index is 1290. The monoisotopic (exact) mass is 412 g/mol. The van der Waals surface area contributed by atoms with Gasteiger partial charge in [0.15, 0.2) is 6.20 Å². The number of aryl methyl sites for hydroxylation is 4. The highest BCUT2D eigenvalue weighted by atomic mass is 32.2. The maximum absolute atomic E-state index is 10.4. The number of fused-ring (bicyclic) bond motifs is 3. The van der Waals surface area contributed by atoms with Crippen LogP contribution < -0.4 is 9.30 Å². The molecule has 0 unspecified atom stereocenters. The van der Waals surface area contributed by atoms with Crippen LogP contribution in [0.3, 0.4) is 0 Å². The van der Waals surface area contributed by atoms with E-state index in [0.717, 1.165) is 11.3 Å². The summed E-state index contributed by atoms with van der Waals surface area (Å²) in [5.41, 5.74) is 4.68. The Morgan fingerprint density at radius 1 is 1.00 bits per heavy atom. The van der Waals surface area contributed by atoms with Crippen LogP contribution in [0.15, 0.2) is 59.6 Å². The van der Waals surface area contributed by atoms with E-state index in [4.69, 9.17) is 4.74 Å². The standard InChI is InChI=1S/C15H17N2O.C7H8O3S/c1-10-15-13(7-8-16(10)2)12-6-5-11(18-4)9-14(12)17(15)3;1-6-2-4-7(5-3-6)11(8,9)10/h5-9H,1-4H3;2-5H,1H3,(H,8,9,10)/q+1;/p-1. The van der Waals surface area contributed by atoms with Crippen molar-refractivity contribution < 1.29 is 22.3 Å². The van der Waals surface area contributed by atoms with Gasteiger partial charge in [0.2, 0.25) is 5.69 Å². The molecule has 0 spiro atoms. The molecular weight excluding hydrogens is 388 g/mol. The molecule has 0 N–H and O–H groups in total.